The Hall–Kier alpha value is -0.500. The molecule has 2 N–H and O–H groups in total. The molecule has 0 spiro atoms. The largest absolute Gasteiger partial charge is 0.394 e. The number of benzene rings is 1. The van der Waals surface area contributed by atoms with Gasteiger partial charge < -0.3 is 5.11 Å². The molecule has 1 aromatic rings. The van der Waals surface area contributed by atoms with Gasteiger partial charge in [0.05, 0.1) is 17.0 Å². The SMILES string of the molecule is CC1CCC(CO)(NS(=O)(=O)c2ccc(F)cc2Br)CC1. The van der Waals surface area contributed by atoms with Crippen molar-refractivity contribution in [2.24, 2.45) is 5.92 Å². The van der Waals surface area contributed by atoms with Gasteiger partial charge in [-0.3, -0.25) is 0 Å². The third-order valence-electron chi connectivity index (χ3n) is 4.07. The normalized spacial score (nSPS) is 26.8. The van der Waals surface area contributed by atoms with E-state index in [1.54, 1.807) is 0 Å². The number of hydrogen-bond donors (Lipinski definition) is 2. The molecule has 1 aliphatic carbocycles. The van der Waals surface area contributed by atoms with Crippen molar-refractivity contribution in [2.45, 2.75) is 43.0 Å². The molecule has 0 saturated heterocycles. The van der Waals surface area contributed by atoms with Crippen molar-refractivity contribution in [1.82, 2.24) is 4.72 Å². The third kappa shape index (κ3) is 3.83. The molecule has 0 amide bonds. The van der Waals surface area contributed by atoms with E-state index < -0.39 is 21.4 Å². The van der Waals surface area contributed by atoms with Gasteiger partial charge in [-0.1, -0.05) is 6.92 Å². The number of sulfonamides is 1. The monoisotopic (exact) mass is 379 g/mol. The number of halogens is 2. The molecule has 0 unspecified atom stereocenters. The Morgan fingerprint density at radius 3 is 2.57 bits per heavy atom. The van der Waals surface area contributed by atoms with Crippen LogP contribution in [0.2, 0.25) is 0 Å². The molecule has 1 fully saturated rings. The molecule has 0 bridgehead atoms. The predicted molar refractivity (Wildman–Crippen MR) is 81.9 cm³/mol. The van der Waals surface area contributed by atoms with E-state index in [0.29, 0.717) is 18.8 Å². The van der Waals surface area contributed by atoms with Gasteiger partial charge in [0.1, 0.15) is 5.82 Å². The molecule has 4 nitrogen and oxygen atoms in total. The third-order valence-corrected chi connectivity index (χ3v) is 6.62. The number of nitrogens with one attached hydrogen (secondary N) is 1. The predicted octanol–water partition coefficient (Wildman–Crippen LogP) is 2.81. The van der Waals surface area contributed by atoms with Crippen LogP contribution in [0.15, 0.2) is 27.6 Å². The van der Waals surface area contributed by atoms with Crippen LogP contribution in [-0.2, 0) is 10.0 Å². The van der Waals surface area contributed by atoms with E-state index in [9.17, 15) is 17.9 Å². The van der Waals surface area contributed by atoms with E-state index in [0.717, 1.165) is 25.0 Å². The van der Waals surface area contributed by atoms with E-state index >= 15 is 0 Å². The van der Waals surface area contributed by atoms with Crippen LogP contribution in [0, 0.1) is 11.7 Å². The summed E-state index contributed by atoms with van der Waals surface area (Å²) in [5.41, 5.74) is -0.820. The van der Waals surface area contributed by atoms with Crippen LogP contribution in [0.1, 0.15) is 32.6 Å². The highest BCUT2D eigenvalue weighted by molar-refractivity contribution is 9.10. The summed E-state index contributed by atoms with van der Waals surface area (Å²) in [5, 5.41) is 9.65. The van der Waals surface area contributed by atoms with Gasteiger partial charge in [-0.25, -0.2) is 17.5 Å². The molecule has 0 aliphatic heterocycles. The standard InChI is InChI=1S/C14H19BrFNO3S/c1-10-4-6-14(9-18,7-5-10)17-21(19,20)13-3-2-11(16)8-12(13)15/h2-3,8,10,17-18H,4-7,9H2,1H3. The first-order valence-corrected chi connectivity index (χ1v) is 9.15. The number of aliphatic hydroxyl groups is 1. The van der Waals surface area contributed by atoms with Crippen molar-refractivity contribution in [2.75, 3.05) is 6.61 Å². The van der Waals surface area contributed by atoms with Crippen LogP contribution < -0.4 is 4.72 Å². The van der Waals surface area contributed by atoms with Crippen molar-refractivity contribution in [3.05, 3.63) is 28.5 Å². The Morgan fingerprint density at radius 1 is 1.43 bits per heavy atom. The zero-order valence-corrected chi connectivity index (χ0v) is 14.2. The van der Waals surface area contributed by atoms with Crippen molar-refractivity contribution < 1.29 is 17.9 Å². The first-order valence-electron chi connectivity index (χ1n) is 6.88. The van der Waals surface area contributed by atoms with Gasteiger partial charge in [0.2, 0.25) is 10.0 Å². The quantitative estimate of drug-likeness (QED) is 0.844. The molecular formula is C14H19BrFNO3S. The Morgan fingerprint density at radius 2 is 2.05 bits per heavy atom. The molecule has 0 radical (unpaired) electrons. The Balaban J connectivity index is 2.27. The fourth-order valence-corrected chi connectivity index (χ4v) is 5.14. The lowest BCUT2D eigenvalue weighted by molar-refractivity contribution is 0.125. The summed E-state index contributed by atoms with van der Waals surface area (Å²) >= 11 is 3.08. The van der Waals surface area contributed by atoms with Crippen LogP contribution in [0.25, 0.3) is 0 Å². The topological polar surface area (TPSA) is 66.4 Å². The summed E-state index contributed by atoms with van der Waals surface area (Å²) in [5.74, 6) is 0.0240. The zero-order valence-electron chi connectivity index (χ0n) is 11.8. The summed E-state index contributed by atoms with van der Waals surface area (Å²) in [7, 11) is -3.82. The van der Waals surface area contributed by atoms with E-state index in [1.807, 2.05) is 0 Å². The van der Waals surface area contributed by atoms with Gasteiger partial charge in [-0.15, -0.1) is 0 Å². The molecule has 1 aliphatic rings. The summed E-state index contributed by atoms with van der Waals surface area (Å²) in [6.07, 6.45) is 2.94. The molecule has 21 heavy (non-hydrogen) atoms. The summed E-state index contributed by atoms with van der Waals surface area (Å²) in [6.45, 7) is 1.88. The highest BCUT2D eigenvalue weighted by Gasteiger charge is 2.38. The first kappa shape index (κ1) is 16.9. The second-order valence-corrected chi connectivity index (χ2v) is 8.31. The smallest absolute Gasteiger partial charge is 0.242 e. The Bertz CT molecular complexity index is 613. The minimum Gasteiger partial charge on any atom is -0.394 e. The van der Waals surface area contributed by atoms with Crippen molar-refractivity contribution in [3.8, 4) is 0 Å². The second kappa shape index (κ2) is 6.32. The average Bonchev–Trinajstić information content (AvgIpc) is 2.41. The van der Waals surface area contributed by atoms with Crippen LogP contribution in [0.3, 0.4) is 0 Å². The molecular weight excluding hydrogens is 361 g/mol. The fraction of sp³-hybridized carbons (Fsp3) is 0.571. The lowest BCUT2D eigenvalue weighted by Crippen LogP contribution is -2.53. The minimum absolute atomic E-state index is 0.0182. The molecule has 118 valence electrons. The van der Waals surface area contributed by atoms with E-state index in [-0.39, 0.29) is 16.0 Å². The van der Waals surface area contributed by atoms with Crippen LogP contribution in [0.4, 0.5) is 4.39 Å². The van der Waals surface area contributed by atoms with Crippen LogP contribution >= 0.6 is 15.9 Å². The van der Waals surface area contributed by atoms with Gasteiger partial charge in [0.15, 0.2) is 0 Å². The molecule has 0 aromatic heterocycles. The average molecular weight is 380 g/mol. The highest BCUT2D eigenvalue weighted by Crippen LogP contribution is 2.33. The molecule has 0 heterocycles. The van der Waals surface area contributed by atoms with E-state index in [2.05, 4.69) is 27.6 Å². The number of hydrogen-bond acceptors (Lipinski definition) is 3. The Labute approximate surface area is 132 Å². The molecule has 2 rings (SSSR count). The summed E-state index contributed by atoms with van der Waals surface area (Å²) < 4.78 is 40.9. The zero-order chi connectivity index (χ0) is 15.7. The van der Waals surface area contributed by atoms with Crippen molar-refractivity contribution >= 4 is 26.0 Å². The molecule has 1 aromatic carbocycles. The number of aliphatic hydroxyl groups excluding tert-OH is 1. The van der Waals surface area contributed by atoms with E-state index in [4.69, 9.17) is 0 Å². The first-order chi connectivity index (χ1) is 9.78. The fourth-order valence-electron chi connectivity index (χ4n) is 2.64. The van der Waals surface area contributed by atoms with Gasteiger partial charge in [0, 0.05) is 4.47 Å². The molecule has 1 saturated carbocycles. The van der Waals surface area contributed by atoms with Crippen molar-refractivity contribution in [3.63, 3.8) is 0 Å². The number of rotatable bonds is 4. The lowest BCUT2D eigenvalue weighted by atomic mass is 9.78. The van der Waals surface area contributed by atoms with Crippen LogP contribution in [-0.4, -0.2) is 25.7 Å². The van der Waals surface area contributed by atoms with Gasteiger partial charge in [-0.2, -0.15) is 0 Å². The maximum absolute atomic E-state index is 13.1. The molecule has 7 heteroatoms. The summed E-state index contributed by atoms with van der Waals surface area (Å²) in [4.78, 5) is -0.0182. The Kier molecular flexibility index (Phi) is 5.07. The highest BCUT2D eigenvalue weighted by atomic mass is 79.9. The van der Waals surface area contributed by atoms with Gasteiger partial charge in [-0.05, 0) is 65.7 Å². The molecule has 0 atom stereocenters. The van der Waals surface area contributed by atoms with Gasteiger partial charge >= 0.3 is 0 Å². The lowest BCUT2D eigenvalue weighted by Gasteiger charge is -2.38. The van der Waals surface area contributed by atoms with E-state index in [1.165, 1.54) is 6.07 Å². The summed E-state index contributed by atoms with van der Waals surface area (Å²) in [6, 6.07) is 3.44. The van der Waals surface area contributed by atoms with Gasteiger partial charge in [0.25, 0.3) is 0 Å². The minimum atomic E-state index is -3.82. The van der Waals surface area contributed by atoms with Crippen LogP contribution in [0.5, 0.6) is 0 Å². The maximum Gasteiger partial charge on any atom is 0.242 e. The maximum atomic E-state index is 13.1. The van der Waals surface area contributed by atoms with Crippen molar-refractivity contribution in [1.29, 1.82) is 0 Å². The second-order valence-electron chi connectivity index (χ2n) is 5.80.